The number of ether oxygens (including phenoxy) is 3. The van der Waals surface area contributed by atoms with Crippen molar-refractivity contribution in [1.29, 1.82) is 0 Å². The molecule has 1 N–H and O–H groups in total. The number of methoxy groups -OCH3 is 1. The van der Waals surface area contributed by atoms with E-state index in [4.69, 9.17) is 14.2 Å². The fourth-order valence-corrected chi connectivity index (χ4v) is 5.15. The second kappa shape index (κ2) is 11.2. The Labute approximate surface area is 194 Å². The minimum atomic E-state index is -0.642. The van der Waals surface area contributed by atoms with Gasteiger partial charge in [0.25, 0.3) is 0 Å². The van der Waals surface area contributed by atoms with Crippen molar-refractivity contribution in [1.82, 2.24) is 10.2 Å². The summed E-state index contributed by atoms with van der Waals surface area (Å²) in [7, 11) is 1.44. The lowest BCUT2D eigenvalue weighted by Crippen LogP contribution is -2.53. The molecule has 1 amide bonds. The average molecular weight is 455 g/mol. The summed E-state index contributed by atoms with van der Waals surface area (Å²) in [6, 6.07) is 0.580. The molecule has 0 spiro atoms. The van der Waals surface area contributed by atoms with E-state index in [1.807, 2.05) is 39.5 Å². The zero-order chi connectivity index (χ0) is 24.1. The van der Waals surface area contributed by atoms with Gasteiger partial charge in [-0.15, -0.1) is 0 Å². The van der Waals surface area contributed by atoms with Crippen LogP contribution in [0, 0.1) is 5.92 Å². The van der Waals surface area contributed by atoms with Crippen LogP contribution < -0.4 is 5.32 Å². The summed E-state index contributed by atoms with van der Waals surface area (Å²) >= 11 is 0. The topological polar surface area (TPSA) is 77.1 Å². The molecule has 2 rings (SSSR count). The Kier molecular flexibility index (Phi) is 9.41. The quantitative estimate of drug-likeness (QED) is 0.563. The van der Waals surface area contributed by atoms with Gasteiger partial charge in [-0.05, 0) is 99.3 Å². The highest BCUT2D eigenvalue weighted by molar-refractivity contribution is 5.79. The number of carbonyl (C=O) groups excluding carboxylic acids is 2. The first-order valence-electron chi connectivity index (χ1n) is 12.3. The van der Waals surface area contributed by atoms with Crippen LogP contribution in [0.25, 0.3) is 0 Å². The summed E-state index contributed by atoms with van der Waals surface area (Å²) in [6.45, 7) is 14.4. The van der Waals surface area contributed by atoms with Crippen LogP contribution in [0.2, 0.25) is 0 Å². The van der Waals surface area contributed by atoms with Gasteiger partial charge in [0.2, 0.25) is 0 Å². The number of nitrogens with zero attached hydrogens (tertiary/aromatic N) is 1. The Balaban J connectivity index is 1.70. The van der Waals surface area contributed by atoms with Gasteiger partial charge in [-0.1, -0.05) is 0 Å². The van der Waals surface area contributed by atoms with Crippen molar-refractivity contribution < 1.29 is 23.8 Å². The maximum Gasteiger partial charge on any atom is 0.410 e. The number of likely N-dealkylation sites (tertiary alicyclic amines) is 1. The van der Waals surface area contributed by atoms with Crippen molar-refractivity contribution in [3.05, 3.63) is 0 Å². The molecule has 7 heteroatoms. The lowest BCUT2D eigenvalue weighted by molar-refractivity contribution is -0.147. The highest BCUT2D eigenvalue weighted by Gasteiger charge is 2.37. The largest absolute Gasteiger partial charge is 0.468 e. The van der Waals surface area contributed by atoms with Crippen LogP contribution in [-0.4, -0.2) is 66.0 Å². The first-order valence-corrected chi connectivity index (χ1v) is 12.3. The number of hydrogen-bond donors (Lipinski definition) is 1. The van der Waals surface area contributed by atoms with E-state index in [1.165, 1.54) is 7.11 Å². The van der Waals surface area contributed by atoms with Crippen LogP contribution in [0.1, 0.15) is 93.4 Å². The Hall–Kier alpha value is -1.34. The van der Waals surface area contributed by atoms with Gasteiger partial charge in [0, 0.05) is 24.7 Å². The molecule has 2 fully saturated rings. The van der Waals surface area contributed by atoms with Crippen LogP contribution >= 0.6 is 0 Å². The summed E-state index contributed by atoms with van der Waals surface area (Å²) < 4.78 is 16.7. The molecule has 3 atom stereocenters. The van der Waals surface area contributed by atoms with Crippen molar-refractivity contribution >= 4 is 12.1 Å². The van der Waals surface area contributed by atoms with Gasteiger partial charge in [-0.25, -0.2) is 4.79 Å². The fourth-order valence-electron chi connectivity index (χ4n) is 5.15. The van der Waals surface area contributed by atoms with Gasteiger partial charge in [0.15, 0.2) is 0 Å². The molecule has 1 aliphatic carbocycles. The zero-order valence-corrected chi connectivity index (χ0v) is 21.5. The molecule has 1 heterocycles. The molecule has 1 aliphatic heterocycles. The summed E-state index contributed by atoms with van der Waals surface area (Å²) in [5.74, 6) is 0.459. The number of esters is 1. The average Bonchev–Trinajstić information content (AvgIpc) is 2.66. The summed E-state index contributed by atoms with van der Waals surface area (Å²) in [5, 5.41) is 3.46. The van der Waals surface area contributed by atoms with Crippen LogP contribution in [0.5, 0.6) is 0 Å². The van der Waals surface area contributed by atoms with Gasteiger partial charge in [-0.2, -0.15) is 0 Å². The second-order valence-electron chi connectivity index (χ2n) is 11.3. The van der Waals surface area contributed by atoms with Gasteiger partial charge >= 0.3 is 12.1 Å². The van der Waals surface area contributed by atoms with Crippen molar-refractivity contribution in [3.63, 3.8) is 0 Å². The molecule has 1 unspecified atom stereocenters. The molecule has 0 bridgehead atoms. The molecule has 7 nitrogen and oxygen atoms in total. The number of nitrogens with one attached hydrogen (secondary N) is 1. The molecular formula is C25H46N2O5. The van der Waals surface area contributed by atoms with Crippen molar-refractivity contribution in [2.45, 2.75) is 129 Å². The van der Waals surface area contributed by atoms with E-state index in [9.17, 15) is 9.59 Å². The van der Waals surface area contributed by atoms with E-state index in [0.717, 1.165) is 51.6 Å². The smallest absolute Gasteiger partial charge is 0.410 e. The molecule has 0 aromatic carbocycles. The number of rotatable bonds is 7. The van der Waals surface area contributed by atoms with Gasteiger partial charge in [0.05, 0.1) is 13.2 Å². The highest BCUT2D eigenvalue weighted by atomic mass is 16.6. The molecule has 186 valence electrons. The molecule has 32 heavy (non-hydrogen) atoms. The lowest BCUT2D eigenvalue weighted by atomic mass is 9.83. The maximum atomic E-state index is 12.6. The SMILES string of the molecule is COC(=O)C(C)(C)N[C@H]1CC[C@H](CCOC2C[C@@H](C)N(C(=O)OC(C)(C)C)[C@@H](C)C2)CC1. The summed E-state index contributed by atoms with van der Waals surface area (Å²) in [5.41, 5.74) is -1.12. The van der Waals surface area contributed by atoms with Crippen LogP contribution in [-0.2, 0) is 19.0 Å². The zero-order valence-electron chi connectivity index (χ0n) is 21.5. The maximum absolute atomic E-state index is 12.6. The molecule has 1 saturated heterocycles. The minimum absolute atomic E-state index is 0.110. The number of hydrogen-bond acceptors (Lipinski definition) is 6. The number of amides is 1. The first-order chi connectivity index (χ1) is 14.8. The Morgan fingerprint density at radius 3 is 2.03 bits per heavy atom. The van der Waals surface area contributed by atoms with Crippen molar-refractivity contribution in [2.24, 2.45) is 5.92 Å². The van der Waals surface area contributed by atoms with E-state index >= 15 is 0 Å². The molecule has 0 aromatic rings. The lowest BCUT2D eigenvalue weighted by Gasteiger charge is -2.42. The van der Waals surface area contributed by atoms with E-state index in [0.29, 0.717) is 12.0 Å². The molecule has 0 radical (unpaired) electrons. The van der Waals surface area contributed by atoms with E-state index < -0.39 is 11.1 Å². The van der Waals surface area contributed by atoms with E-state index in [1.54, 1.807) is 0 Å². The fraction of sp³-hybridized carbons (Fsp3) is 0.920. The minimum Gasteiger partial charge on any atom is -0.468 e. The van der Waals surface area contributed by atoms with Crippen molar-refractivity contribution in [2.75, 3.05) is 13.7 Å². The third kappa shape index (κ3) is 7.91. The first kappa shape index (κ1) is 26.9. The molecule has 0 aromatic heterocycles. The van der Waals surface area contributed by atoms with E-state index in [2.05, 4.69) is 19.2 Å². The molecular weight excluding hydrogens is 408 g/mol. The van der Waals surface area contributed by atoms with Crippen LogP contribution in [0.3, 0.4) is 0 Å². The predicted octanol–water partition coefficient (Wildman–Crippen LogP) is 4.67. The van der Waals surface area contributed by atoms with Gasteiger partial charge in [-0.3, -0.25) is 10.1 Å². The third-order valence-electron chi connectivity index (χ3n) is 6.75. The van der Waals surface area contributed by atoms with Gasteiger partial charge < -0.3 is 19.1 Å². The predicted molar refractivity (Wildman–Crippen MR) is 126 cm³/mol. The third-order valence-corrected chi connectivity index (χ3v) is 6.75. The van der Waals surface area contributed by atoms with Crippen LogP contribution in [0.15, 0.2) is 0 Å². The Morgan fingerprint density at radius 1 is 0.969 bits per heavy atom. The standard InChI is InChI=1S/C25H46N2O5/c1-17-15-21(16-18(2)27(17)23(29)32-24(3,4)5)31-14-13-19-9-11-20(12-10-19)26-25(6,7)22(28)30-8/h17-21,26H,9-16H2,1-8H3/t17-,18+,19-,20-,21?. The number of carbonyl (C=O) groups is 2. The number of piperidine rings is 1. The Morgan fingerprint density at radius 2 is 1.53 bits per heavy atom. The van der Waals surface area contributed by atoms with Gasteiger partial charge in [0.1, 0.15) is 11.1 Å². The Bertz CT molecular complexity index is 610. The monoisotopic (exact) mass is 454 g/mol. The van der Waals surface area contributed by atoms with Crippen LogP contribution in [0.4, 0.5) is 4.79 Å². The second-order valence-corrected chi connectivity index (χ2v) is 11.3. The highest BCUT2D eigenvalue weighted by Crippen LogP contribution is 2.30. The normalized spacial score (nSPS) is 29.5. The van der Waals surface area contributed by atoms with E-state index in [-0.39, 0.29) is 30.3 Å². The summed E-state index contributed by atoms with van der Waals surface area (Å²) in [4.78, 5) is 26.3. The molecule has 2 aliphatic rings. The van der Waals surface area contributed by atoms with Crippen molar-refractivity contribution in [3.8, 4) is 0 Å². The molecule has 1 saturated carbocycles. The summed E-state index contributed by atoms with van der Waals surface area (Å²) in [6.07, 6.45) is 7.20.